The van der Waals surface area contributed by atoms with Gasteiger partial charge in [-0.2, -0.15) is 0 Å². The van der Waals surface area contributed by atoms with Crippen LogP contribution >= 0.6 is 0 Å². The number of benzene rings is 2. The molecule has 1 amide bonds. The molecule has 0 saturated carbocycles. The molecular formula is C21H26N2O5S. The van der Waals surface area contributed by atoms with Crippen LogP contribution in [0.25, 0.3) is 0 Å². The minimum Gasteiger partial charge on any atom is -0.494 e. The Labute approximate surface area is 171 Å². The molecule has 2 aromatic carbocycles. The molecule has 0 unspecified atom stereocenters. The molecule has 0 fully saturated rings. The Hall–Kier alpha value is -2.71. The average molecular weight is 419 g/mol. The number of hydrogen-bond acceptors (Lipinski definition) is 5. The van der Waals surface area contributed by atoms with Crippen LogP contribution in [0.1, 0.15) is 35.7 Å². The highest BCUT2D eigenvalue weighted by Crippen LogP contribution is 2.15. The van der Waals surface area contributed by atoms with Crippen LogP contribution in [-0.2, 0) is 21.4 Å². The maximum atomic E-state index is 12.2. The number of ketones is 1. The summed E-state index contributed by atoms with van der Waals surface area (Å²) in [4.78, 5) is 24.4. The SMILES string of the molecule is CCOc1ccc(C(=O)CCC(=O)NCc2ccc(S(=O)(=O)N(C)C)cc2)cc1. The lowest BCUT2D eigenvalue weighted by Crippen LogP contribution is -2.24. The van der Waals surface area contributed by atoms with Crippen molar-refractivity contribution in [2.75, 3.05) is 20.7 Å². The number of sulfonamides is 1. The molecule has 0 aliphatic heterocycles. The molecule has 0 radical (unpaired) electrons. The molecule has 0 heterocycles. The fourth-order valence-corrected chi connectivity index (χ4v) is 3.46. The Morgan fingerprint density at radius 3 is 2.14 bits per heavy atom. The van der Waals surface area contributed by atoms with Gasteiger partial charge in [-0.05, 0) is 48.9 Å². The van der Waals surface area contributed by atoms with Crippen LogP contribution in [0, 0.1) is 0 Å². The maximum absolute atomic E-state index is 12.2. The van der Waals surface area contributed by atoms with E-state index in [1.807, 2.05) is 6.92 Å². The summed E-state index contributed by atoms with van der Waals surface area (Å²) in [7, 11) is -0.534. The number of rotatable bonds is 10. The van der Waals surface area contributed by atoms with Crippen LogP contribution in [0.5, 0.6) is 5.75 Å². The first-order valence-corrected chi connectivity index (χ1v) is 10.7. The Morgan fingerprint density at radius 1 is 0.966 bits per heavy atom. The predicted molar refractivity (Wildman–Crippen MR) is 110 cm³/mol. The molecule has 2 rings (SSSR count). The van der Waals surface area contributed by atoms with E-state index in [0.717, 1.165) is 9.87 Å². The molecule has 8 heteroatoms. The number of carbonyl (C=O) groups is 2. The van der Waals surface area contributed by atoms with Gasteiger partial charge in [-0.3, -0.25) is 9.59 Å². The van der Waals surface area contributed by atoms with E-state index in [1.165, 1.54) is 26.2 Å². The summed E-state index contributed by atoms with van der Waals surface area (Å²) in [6.07, 6.45) is 0.193. The summed E-state index contributed by atoms with van der Waals surface area (Å²) in [5.41, 5.74) is 1.31. The molecule has 0 spiro atoms. The van der Waals surface area contributed by atoms with Crippen LogP contribution in [-0.4, -0.2) is 45.1 Å². The van der Waals surface area contributed by atoms with Gasteiger partial charge in [-0.15, -0.1) is 0 Å². The van der Waals surface area contributed by atoms with E-state index >= 15 is 0 Å². The lowest BCUT2D eigenvalue weighted by Gasteiger charge is -2.12. The predicted octanol–water partition coefficient (Wildman–Crippen LogP) is 2.61. The number of ether oxygens (including phenoxy) is 1. The van der Waals surface area contributed by atoms with Crippen LogP contribution in [0.4, 0.5) is 0 Å². The van der Waals surface area contributed by atoms with Crippen molar-refractivity contribution >= 4 is 21.7 Å². The molecule has 0 saturated heterocycles. The number of carbonyl (C=O) groups excluding carboxylic acids is 2. The average Bonchev–Trinajstić information content (AvgIpc) is 2.71. The summed E-state index contributed by atoms with van der Waals surface area (Å²) >= 11 is 0. The molecule has 156 valence electrons. The number of nitrogens with zero attached hydrogens (tertiary/aromatic N) is 1. The molecule has 29 heavy (non-hydrogen) atoms. The normalized spacial score (nSPS) is 11.3. The summed E-state index contributed by atoms with van der Waals surface area (Å²) in [6.45, 7) is 2.71. The highest BCUT2D eigenvalue weighted by atomic mass is 32.2. The van der Waals surface area contributed by atoms with E-state index in [0.29, 0.717) is 17.9 Å². The van der Waals surface area contributed by atoms with Gasteiger partial charge >= 0.3 is 0 Å². The standard InChI is InChI=1S/C21H26N2O5S/c1-4-28-18-9-7-17(8-10-18)20(24)13-14-21(25)22-15-16-5-11-19(12-6-16)29(26,27)23(2)3/h5-12H,4,13-15H2,1-3H3,(H,22,25). The lowest BCUT2D eigenvalue weighted by atomic mass is 10.1. The van der Waals surface area contributed by atoms with Gasteiger partial charge in [0.2, 0.25) is 15.9 Å². The van der Waals surface area contributed by atoms with E-state index in [-0.39, 0.29) is 36.0 Å². The summed E-state index contributed by atoms with van der Waals surface area (Å²) in [5.74, 6) is 0.349. The lowest BCUT2D eigenvalue weighted by molar-refractivity contribution is -0.121. The van der Waals surface area contributed by atoms with Gasteiger partial charge < -0.3 is 10.1 Å². The van der Waals surface area contributed by atoms with Crippen molar-refractivity contribution in [3.05, 3.63) is 59.7 Å². The van der Waals surface area contributed by atoms with Crippen molar-refractivity contribution in [3.8, 4) is 5.75 Å². The van der Waals surface area contributed by atoms with Gasteiger partial charge in [0, 0.05) is 39.0 Å². The van der Waals surface area contributed by atoms with Gasteiger partial charge in [0.05, 0.1) is 11.5 Å². The summed E-state index contributed by atoms with van der Waals surface area (Å²) in [6, 6.07) is 13.2. The van der Waals surface area contributed by atoms with Gasteiger partial charge in [0.25, 0.3) is 0 Å². The maximum Gasteiger partial charge on any atom is 0.242 e. The molecule has 7 nitrogen and oxygen atoms in total. The van der Waals surface area contributed by atoms with Crippen LogP contribution in [0.3, 0.4) is 0 Å². The van der Waals surface area contributed by atoms with E-state index < -0.39 is 10.0 Å². The van der Waals surface area contributed by atoms with Crippen molar-refractivity contribution in [1.29, 1.82) is 0 Å². The van der Waals surface area contributed by atoms with Gasteiger partial charge in [-0.25, -0.2) is 12.7 Å². The minimum absolute atomic E-state index is 0.0825. The zero-order valence-electron chi connectivity index (χ0n) is 16.8. The highest BCUT2D eigenvalue weighted by molar-refractivity contribution is 7.89. The fraction of sp³-hybridized carbons (Fsp3) is 0.333. The van der Waals surface area contributed by atoms with Crippen LogP contribution in [0.15, 0.2) is 53.4 Å². The van der Waals surface area contributed by atoms with E-state index in [9.17, 15) is 18.0 Å². The Bertz CT molecular complexity index is 936. The monoisotopic (exact) mass is 418 g/mol. The number of nitrogens with one attached hydrogen (secondary N) is 1. The summed E-state index contributed by atoms with van der Waals surface area (Å²) in [5, 5.41) is 2.74. The zero-order valence-corrected chi connectivity index (χ0v) is 17.7. The van der Waals surface area contributed by atoms with Crippen molar-refractivity contribution in [2.45, 2.75) is 31.2 Å². The van der Waals surface area contributed by atoms with Crippen LogP contribution in [0.2, 0.25) is 0 Å². The number of Topliss-reactive ketones (excluding diaryl/α,β-unsaturated/α-hetero) is 1. The van der Waals surface area contributed by atoms with Gasteiger partial charge in [0.15, 0.2) is 5.78 Å². The van der Waals surface area contributed by atoms with E-state index in [1.54, 1.807) is 36.4 Å². The van der Waals surface area contributed by atoms with Gasteiger partial charge in [0.1, 0.15) is 5.75 Å². The third kappa shape index (κ3) is 6.40. The Balaban J connectivity index is 1.81. The van der Waals surface area contributed by atoms with Crippen molar-refractivity contribution in [2.24, 2.45) is 0 Å². The molecule has 0 aromatic heterocycles. The molecule has 2 aromatic rings. The second kappa shape index (κ2) is 10.2. The smallest absolute Gasteiger partial charge is 0.242 e. The second-order valence-electron chi connectivity index (χ2n) is 6.59. The minimum atomic E-state index is -3.47. The largest absolute Gasteiger partial charge is 0.494 e. The van der Waals surface area contributed by atoms with Crippen LogP contribution < -0.4 is 10.1 Å². The molecule has 0 aliphatic rings. The topological polar surface area (TPSA) is 92.8 Å². The molecule has 0 atom stereocenters. The molecular weight excluding hydrogens is 392 g/mol. The highest BCUT2D eigenvalue weighted by Gasteiger charge is 2.16. The Kier molecular flexibility index (Phi) is 7.92. The van der Waals surface area contributed by atoms with Crippen molar-refractivity contribution in [1.82, 2.24) is 9.62 Å². The van der Waals surface area contributed by atoms with E-state index in [4.69, 9.17) is 4.74 Å². The van der Waals surface area contributed by atoms with Crippen molar-refractivity contribution < 1.29 is 22.7 Å². The first kappa shape index (κ1) is 22.6. The fourth-order valence-electron chi connectivity index (χ4n) is 2.55. The first-order chi connectivity index (χ1) is 13.7. The third-order valence-corrected chi connectivity index (χ3v) is 6.09. The molecule has 0 aliphatic carbocycles. The molecule has 0 bridgehead atoms. The third-order valence-electron chi connectivity index (χ3n) is 4.26. The zero-order chi connectivity index (χ0) is 21.4. The number of hydrogen-bond donors (Lipinski definition) is 1. The second-order valence-corrected chi connectivity index (χ2v) is 8.74. The number of amides is 1. The Morgan fingerprint density at radius 2 is 1.59 bits per heavy atom. The quantitative estimate of drug-likeness (QED) is 0.599. The summed E-state index contributed by atoms with van der Waals surface area (Å²) < 4.78 is 30.6. The van der Waals surface area contributed by atoms with Crippen molar-refractivity contribution in [3.63, 3.8) is 0 Å². The molecule has 1 N–H and O–H groups in total. The first-order valence-electron chi connectivity index (χ1n) is 9.28. The van der Waals surface area contributed by atoms with E-state index in [2.05, 4.69) is 5.32 Å². The van der Waals surface area contributed by atoms with Gasteiger partial charge in [-0.1, -0.05) is 12.1 Å².